The Morgan fingerprint density at radius 3 is 2.33 bits per heavy atom. The Hall–Kier alpha value is -2.13. The third-order valence-electron chi connectivity index (χ3n) is 1.66. The van der Waals surface area contributed by atoms with Gasteiger partial charge in [-0.15, -0.1) is 0 Å². The summed E-state index contributed by atoms with van der Waals surface area (Å²) in [5.74, 6) is -0.330. The fourth-order valence-electron chi connectivity index (χ4n) is 0.953. The molecular weight excluding hydrogens is 200 g/mol. The maximum absolute atomic E-state index is 10.5. The van der Waals surface area contributed by atoms with E-state index in [4.69, 9.17) is 19.4 Å². The first-order valence-corrected chi connectivity index (χ1v) is 3.94. The highest BCUT2D eigenvalue weighted by atomic mass is 16.5. The summed E-state index contributed by atoms with van der Waals surface area (Å²) < 4.78 is 4.97. The molecule has 0 radical (unpaired) electrons. The lowest BCUT2D eigenvalue weighted by Gasteiger charge is -2.04. The van der Waals surface area contributed by atoms with Gasteiger partial charge in [0, 0.05) is 0 Å². The van der Waals surface area contributed by atoms with Crippen molar-refractivity contribution in [1.29, 1.82) is 0 Å². The van der Waals surface area contributed by atoms with Crippen LogP contribution in [0.2, 0.25) is 0 Å². The lowest BCUT2D eigenvalue weighted by molar-refractivity contribution is -0.191. The van der Waals surface area contributed by atoms with Crippen LogP contribution in [-0.4, -0.2) is 24.3 Å². The molecule has 0 saturated heterocycles. The molecule has 0 aliphatic heterocycles. The Balaban J connectivity index is 0.000000583. The van der Waals surface area contributed by atoms with Crippen LogP contribution < -0.4 is 4.74 Å². The van der Waals surface area contributed by atoms with Crippen LogP contribution in [0, 0.1) is 6.92 Å². The van der Waals surface area contributed by atoms with Crippen LogP contribution in [0.15, 0.2) is 18.2 Å². The Labute approximate surface area is 86.3 Å². The third-order valence-corrected chi connectivity index (χ3v) is 1.66. The molecule has 1 N–H and O–H groups in total. The molecule has 0 aliphatic rings. The van der Waals surface area contributed by atoms with Crippen LogP contribution in [0.4, 0.5) is 0 Å². The number of aromatic carboxylic acids is 1. The molecule has 0 fully saturated rings. The quantitative estimate of drug-likeness (QED) is 0.790. The molecule has 0 heterocycles. The van der Waals surface area contributed by atoms with Crippen molar-refractivity contribution in [2.75, 3.05) is 7.11 Å². The fourth-order valence-corrected chi connectivity index (χ4v) is 0.953. The summed E-state index contributed by atoms with van der Waals surface area (Å²) in [6.45, 7) is 1.87. The number of carbonyl (C=O) groups is 1. The number of hydrogen-bond acceptors (Lipinski definition) is 4. The Morgan fingerprint density at radius 2 is 1.93 bits per heavy atom. The largest absolute Gasteiger partial charge is 0.496 e. The second kappa shape index (κ2) is 6.34. The zero-order valence-electron chi connectivity index (χ0n) is 8.31. The molecule has 0 atom stereocenters. The number of carboxylic acid groups (broad SMARTS) is 1. The second-order valence-electron chi connectivity index (χ2n) is 2.57. The first-order chi connectivity index (χ1) is 7.06. The lowest BCUT2D eigenvalue weighted by atomic mass is 10.1. The van der Waals surface area contributed by atoms with E-state index in [1.165, 1.54) is 13.2 Å². The zero-order valence-corrected chi connectivity index (χ0v) is 8.31. The highest BCUT2D eigenvalue weighted by molar-refractivity contribution is 5.88. The summed E-state index contributed by atoms with van der Waals surface area (Å²) in [7, 11) is 1.52. The summed E-state index contributed by atoms with van der Waals surface area (Å²) in [6, 6.07) is 4.79. The van der Waals surface area contributed by atoms with Crippen molar-refractivity contribution in [2.45, 2.75) is 6.92 Å². The number of carbonyl (C=O) groups excluding carboxylic acids is 2. The van der Waals surface area contributed by atoms with E-state index >= 15 is 0 Å². The highest BCUT2D eigenvalue weighted by Gasteiger charge is 2.05. The van der Waals surface area contributed by atoms with Gasteiger partial charge in [-0.2, -0.15) is 9.59 Å². The molecule has 0 aliphatic carbocycles. The molecule has 0 spiro atoms. The Bertz CT molecular complexity index is 377. The Kier molecular flexibility index (Phi) is 5.44. The molecule has 1 aromatic carbocycles. The van der Waals surface area contributed by atoms with E-state index in [0.29, 0.717) is 5.75 Å². The predicted molar refractivity (Wildman–Crippen MR) is 49.7 cm³/mol. The first-order valence-electron chi connectivity index (χ1n) is 3.94. The maximum Gasteiger partial charge on any atom is 0.373 e. The van der Waals surface area contributed by atoms with Crippen LogP contribution in [0.25, 0.3) is 0 Å². The van der Waals surface area contributed by atoms with Crippen molar-refractivity contribution >= 4 is 12.1 Å². The normalized spacial score (nSPS) is 8.13. The molecule has 1 aromatic rings. The van der Waals surface area contributed by atoms with Gasteiger partial charge in [0.1, 0.15) is 5.75 Å². The van der Waals surface area contributed by atoms with Gasteiger partial charge < -0.3 is 9.84 Å². The van der Waals surface area contributed by atoms with E-state index in [1.54, 1.807) is 12.1 Å². The fraction of sp³-hybridized carbons (Fsp3) is 0.200. The van der Waals surface area contributed by atoms with Crippen molar-refractivity contribution in [3.8, 4) is 5.75 Å². The molecule has 0 unspecified atom stereocenters. The highest BCUT2D eigenvalue weighted by Crippen LogP contribution is 2.18. The average Bonchev–Trinajstić information content (AvgIpc) is 2.19. The van der Waals surface area contributed by atoms with E-state index in [0.717, 1.165) is 5.56 Å². The minimum Gasteiger partial charge on any atom is -0.496 e. The standard InChI is InChI=1S/C9H10O3.CO2/c1-6-3-4-7(9(10)11)5-8(6)12-2;2-1-3/h3-5H,1-2H3,(H,10,11);. The number of methoxy groups -OCH3 is 1. The summed E-state index contributed by atoms with van der Waals surface area (Å²) >= 11 is 0. The zero-order chi connectivity index (χ0) is 11.8. The van der Waals surface area contributed by atoms with E-state index in [9.17, 15) is 4.79 Å². The van der Waals surface area contributed by atoms with Crippen molar-refractivity contribution < 1.29 is 24.2 Å². The van der Waals surface area contributed by atoms with E-state index in [-0.39, 0.29) is 11.7 Å². The summed E-state index contributed by atoms with van der Waals surface area (Å²) in [6.07, 6.45) is 0.250. The average molecular weight is 210 g/mol. The molecular formula is C10H10O5. The topological polar surface area (TPSA) is 80.7 Å². The molecule has 0 saturated carbocycles. The van der Waals surface area contributed by atoms with Crippen molar-refractivity contribution in [3.63, 3.8) is 0 Å². The number of ether oxygens (including phenoxy) is 1. The minimum absolute atomic E-state index is 0.248. The number of rotatable bonds is 2. The lowest BCUT2D eigenvalue weighted by Crippen LogP contribution is -1.97. The molecule has 5 heteroatoms. The van der Waals surface area contributed by atoms with Crippen molar-refractivity contribution in [2.24, 2.45) is 0 Å². The van der Waals surface area contributed by atoms with E-state index < -0.39 is 5.97 Å². The van der Waals surface area contributed by atoms with E-state index in [2.05, 4.69) is 0 Å². The smallest absolute Gasteiger partial charge is 0.373 e. The number of hydrogen-bond donors (Lipinski definition) is 1. The van der Waals surface area contributed by atoms with Gasteiger partial charge in [-0.25, -0.2) is 4.79 Å². The van der Waals surface area contributed by atoms with Crippen LogP contribution in [0.1, 0.15) is 15.9 Å². The van der Waals surface area contributed by atoms with E-state index in [1.807, 2.05) is 6.92 Å². The molecule has 0 aromatic heterocycles. The molecule has 0 bridgehead atoms. The van der Waals surface area contributed by atoms with Gasteiger partial charge in [-0.1, -0.05) is 6.07 Å². The van der Waals surface area contributed by atoms with Gasteiger partial charge in [0.25, 0.3) is 0 Å². The van der Waals surface area contributed by atoms with Gasteiger partial charge >= 0.3 is 12.1 Å². The molecule has 80 valence electrons. The van der Waals surface area contributed by atoms with Gasteiger partial charge in [0.15, 0.2) is 0 Å². The van der Waals surface area contributed by atoms with Gasteiger partial charge in [0.05, 0.1) is 12.7 Å². The van der Waals surface area contributed by atoms with Crippen molar-refractivity contribution in [3.05, 3.63) is 29.3 Å². The summed E-state index contributed by atoms with van der Waals surface area (Å²) in [4.78, 5) is 26.8. The first kappa shape index (κ1) is 12.9. The molecule has 0 amide bonds. The summed E-state index contributed by atoms with van der Waals surface area (Å²) in [5, 5.41) is 8.64. The van der Waals surface area contributed by atoms with Crippen molar-refractivity contribution in [1.82, 2.24) is 0 Å². The monoisotopic (exact) mass is 210 g/mol. The molecule has 1 rings (SSSR count). The van der Waals surface area contributed by atoms with Crippen LogP contribution >= 0.6 is 0 Å². The summed E-state index contributed by atoms with van der Waals surface area (Å²) in [5.41, 5.74) is 1.18. The van der Waals surface area contributed by atoms with Gasteiger partial charge in [-0.3, -0.25) is 0 Å². The second-order valence-corrected chi connectivity index (χ2v) is 2.57. The van der Waals surface area contributed by atoms with Crippen LogP contribution in [-0.2, 0) is 9.59 Å². The number of carboxylic acids is 1. The SMILES string of the molecule is COc1cc(C(=O)O)ccc1C.O=C=O. The Morgan fingerprint density at radius 1 is 1.40 bits per heavy atom. The minimum atomic E-state index is -0.937. The van der Waals surface area contributed by atoms with Gasteiger partial charge in [-0.05, 0) is 24.6 Å². The molecule has 15 heavy (non-hydrogen) atoms. The van der Waals surface area contributed by atoms with Gasteiger partial charge in [0.2, 0.25) is 0 Å². The number of benzene rings is 1. The molecule has 5 nitrogen and oxygen atoms in total. The van der Waals surface area contributed by atoms with Crippen LogP contribution in [0.5, 0.6) is 5.75 Å². The number of aryl methyl sites for hydroxylation is 1. The third kappa shape index (κ3) is 4.06. The maximum atomic E-state index is 10.5. The van der Waals surface area contributed by atoms with Crippen LogP contribution in [0.3, 0.4) is 0 Å². The predicted octanol–water partition coefficient (Wildman–Crippen LogP) is 1.12.